The normalized spacial score (nSPS) is 11.5. The Hall–Kier alpha value is -0.550. The average molecular weight is 372 g/mol. The van der Waals surface area contributed by atoms with Crippen LogP contribution in [0.15, 0.2) is 30.5 Å². The van der Waals surface area contributed by atoms with Gasteiger partial charge in [-0.15, -0.1) is 0 Å². The summed E-state index contributed by atoms with van der Waals surface area (Å²) in [6, 6.07) is 8.59. The lowest BCUT2D eigenvalue weighted by atomic mass is 10.1. The number of benzene rings is 1. The van der Waals surface area contributed by atoms with Crippen LogP contribution >= 0.6 is 0 Å². The third-order valence-corrected chi connectivity index (χ3v) is 4.54. The molecule has 0 aliphatic rings. The second-order valence-electron chi connectivity index (χ2n) is 5.12. The summed E-state index contributed by atoms with van der Waals surface area (Å²) in [5.41, 5.74) is 2.72. The lowest BCUT2D eigenvalue weighted by Crippen LogP contribution is -3.00. The minimum Gasteiger partial charge on any atom is -1.00 e. The highest BCUT2D eigenvalue weighted by Gasteiger charge is 2.20. The molecule has 1 heterocycles. The van der Waals surface area contributed by atoms with Crippen LogP contribution < -0.4 is 24.0 Å². The van der Waals surface area contributed by atoms with Crippen molar-refractivity contribution >= 4 is 10.9 Å². The van der Waals surface area contributed by atoms with Crippen LogP contribution in [0.4, 0.5) is 0 Å². The summed E-state index contributed by atoms with van der Waals surface area (Å²) in [4.78, 5) is 3.37. The summed E-state index contributed by atoms with van der Waals surface area (Å²) in [7, 11) is 0. The van der Waals surface area contributed by atoms with Crippen LogP contribution in [-0.4, -0.2) is 35.6 Å². The van der Waals surface area contributed by atoms with Gasteiger partial charge < -0.3 is 33.4 Å². The standard InChI is InChI=1S/C16H25N2.HI/c1-4-18(5-2,6-3)12-11-14-13-17-16-10-8-7-9-15(14)16;/h7-10,13,17H,4-6,11-12H2,1-3H3;1H/q+1;/p-1. The van der Waals surface area contributed by atoms with Gasteiger partial charge in [0.15, 0.2) is 0 Å². The molecule has 2 nitrogen and oxygen atoms in total. The zero-order valence-corrected chi connectivity index (χ0v) is 14.4. The van der Waals surface area contributed by atoms with Gasteiger partial charge in [-0.1, -0.05) is 18.2 Å². The zero-order chi connectivity index (χ0) is 13.0. The highest BCUT2D eigenvalue weighted by Crippen LogP contribution is 2.19. The molecule has 1 N–H and O–H groups in total. The van der Waals surface area contributed by atoms with Gasteiger partial charge in [-0.05, 0) is 32.4 Å². The number of likely N-dealkylation sites (N-methyl/N-ethyl adjacent to an activating group) is 1. The monoisotopic (exact) mass is 372 g/mol. The van der Waals surface area contributed by atoms with E-state index in [2.05, 4.69) is 56.2 Å². The van der Waals surface area contributed by atoms with Crippen LogP contribution in [0.2, 0.25) is 0 Å². The van der Waals surface area contributed by atoms with E-state index in [0.29, 0.717) is 0 Å². The van der Waals surface area contributed by atoms with E-state index in [-0.39, 0.29) is 24.0 Å². The molecule has 0 saturated heterocycles. The number of hydrogen-bond acceptors (Lipinski definition) is 0. The van der Waals surface area contributed by atoms with Crippen molar-refractivity contribution < 1.29 is 28.5 Å². The first-order valence-electron chi connectivity index (χ1n) is 7.14. The first kappa shape index (κ1) is 16.5. The van der Waals surface area contributed by atoms with E-state index >= 15 is 0 Å². The van der Waals surface area contributed by atoms with Gasteiger partial charge >= 0.3 is 0 Å². The van der Waals surface area contributed by atoms with E-state index in [1.54, 1.807) is 0 Å². The molecule has 19 heavy (non-hydrogen) atoms. The van der Waals surface area contributed by atoms with Crippen molar-refractivity contribution in [2.24, 2.45) is 0 Å². The van der Waals surface area contributed by atoms with Gasteiger partial charge in [-0.25, -0.2) is 0 Å². The minimum atomic E-state index is 0. The Kier molecular flexibility index (Phi) is 6.33. The molecule has 0 unspecified atom stereocenters. The van der Waals surface area contributed by atoms with E-state index < -0.39 is 0 Å². The average Bonchev–Trinajstić information content (AvgIpc) is 2.85. The number of fused-ring (bicyclic) bond motifs is 1. The Bertz CT molecular complexity index is 492. The molecule has 0 aliphatic carbocycles. The zero-order valence-electron chi connectivity index (χ0n) is 12.2. The van der Waals surface area contributed by atoms with E-state index in [4.69, 9.17) is 0 Å². The Balaban J connectivity index is 0.00000180. The van der Waals surface area contributed by atoms with E-state index in [9.17, 15) is 0 Å². The van der Waals surface area contributed by atoms with Crippen LogP contribution in [-0.2, 0) is 6.42 Å². The number of H-pyrrole nitrogens is 1. The first-order chi connectivity index (χ1) is 8.74. The van der Waals surface area contributed by atoms with Crippen molar-refractivity contribution in [3.8, 4) is 0 Å². The number of para-hydroxylation sites is 1. The lowest BCUT2D eigenvalue weighted by molar-refractivity contribution is -0.923. The molecule has 0 bridgehead atoms. The lowest BCUT2D eigenvalue weighted by Gasteiger charge is -2.35. The van der Waals surface area contributed by atoms with Gasteiger partial charge in [-0.2, -0.15) is 0 Å². The van der Waals surface area contributed by atoms with E-state index in [1.165, 1.54) is 53.5 Å². The van der Waals surface area contributed by atoms with Crippen molar-refractivity contribution in [1.82, 2.24) is 4.98 Å². The predicted molar refractivity (Wildman–Crippen MR) is 78.8 cm³/mol. The number of nitrogens with zero attached hydrogens (tertiary/aromatic N) is 1. The fourth-order valence-corrected chi connectivity index (χ4v) is 2.84. The molecule has 0 radical (unpaired) electrons. The summed E-state index contributed by atoms with van der Waals surface area (Å²) in [5.74, 6) is 0. The summed E-state index contributed by atoms with van der Waals surface area (Å²) in [6.07, 6.45) is 3.35. The fraction of sp³-hybridized carbons (Fsp3) is 0.500. The van der Waals surface area contributed by atoms with Crippen molar-refractivity contribution in [1.29, 1.82) is 0 Å². The van der Waals surface area contributed by atoms with E-state index in [0.717, 1.165) is 0 Å². The van der Waals surface area contributed by atoms with Crippen LogP contribution in [0.3, 0.4) is 0 Å². The minimum absolute atomic E-state index is 0. The number of nitrogens with one attached hydrogen (secondary N) is 1. The van der Waals surface area contributed by atoms with Gasteiger partial charge in [0.2, 0.25) is 0 Å². The van der Waals surface area contributed by atoms with Crippen molar-refractivity contribution in [3.63, 3.8) is 0 Å². The largest absolute Gasteiger partial charge is 1.00 e. The molecule has 2 aromatic rings. The molecule has 0 fully saturated rings. The van der Waals surface area contributed by atoms with Gasteiger partial charge in [-0.3, -0.25) is 0 Å². The highest BCUT2D eigenvalue weighted by atomic mass is 127. The van der Waals surface area contributed by atoms with Crippen LogP contribution in [0.25, 0.3) is 10.9 Å². The Morgan fingerprint density at radius 1 is 1.00 bits per heavy atom. The third kappa shape index (κ3) is 3.51. The second-order valence-corrected chi connectivity index (χ2v) is 5.12. The summed E-state index contributed by atoms with van der Waals surface area (Å²) in [6.45, 7) is 11.9. The van der Waals surface area contributed by atoms with Crippen LogP contribution in [0, 0.1) is 0 Å². The second kappa shape index (κ2) is 7.29. The quantitative estimate of drug-likeness (QED) is 0.565. The highest BCUT2D eigenvalue weighted by molar-refractivity contribution is 5.82. The topological polar surface area (TPSA) is 15.8 Å². The number of rotatable bonds is 6. The Morgan fingerprint density at radius 2 is 1.63 bits per heavy atom. The number of halogens is 1. The van der Waals surface area contributed by atoms with Gasteiger partial charge in [0.1, 0.15) is 0 Å². The maximum absolute atomic E-state index is 3.37. The molecule has 106 valence electrons. The molecule has 0 saturated carbocycles. The first-order valence-corrected chi connectivity index (χ1v) is 7.14. The molecule has 0 aliphatic heterocycles. The number of aromatic nitrogens is 1. The molecule has 0 atom stereocenters. The Labute approximate surface area is 133 Å². The van der Waals surface area contributed by atoms with Crippen molar-refractivity contribution in [2.45, 2.75) is 27.2 Å². The molecule has 2 rings (SSSR count). The third-order valence-electron chi connectivity index (χ3n) is 4.54. The molecular weight excluding hydrogens is 347 g/mol. The van der Waals surface area contributed by atoms with Gasteiger partial charge in [0, 0.05) is 23.5 Å². The molecule has 0 spiro atoms. The number of quaternary nitrogens is 1. The fourth-order valence-electron chi connectivity index (χ4n) is 2.84. The Morgan fingerprint density at radius 3 is 2.26 bits per heavy atom. The summed E-state index contributed by atoms with van der Waals surface area (Å²) < 4.78 is 1.22. The molecule has 3 heteroatoms. The van der Waals surface area contributed by atoms with Crippen LogP contribution in [0.1, 0.15) is 26.3 Å². The molecule has 0 amide bonds. The molecule has 1 aromatic carbocycles. The van der Waals surface area contributed by atoms with Crippen molar-refractivity contribution in [3.05, 3.63) is 36.0 Å². The predicted octanol–water partition coefficient (Wildman–Crippen LogP) is 0.591. The molecule has 1 aromatic heterocycles. The number of hydrogen-bond donors (Lipinski definition) is 1. The van der Waals surface area contributed by atoms with Crippen molar-refractivity contribution in [2.75, 3.05) is 26.2 Å². The van der Waals surface area contributed by atoms with Crippen LogP contribution in [0.5, 0.6) is 0 Å². The van der Waals surface area contributed by atoms with E-state index in [1.807, 2.05) is 0 Å². The maximum Gasteiger partial charge on any atom is 0.0828 e. The van der Waals surface area contributed by atoms with Gasteiger partial charge in [0.05, 0.1) is 26.2 Å². The number of aromatic amines is 1. The van der Waals surface area contributed by atoms with Gasteiger partial charge in [0.25, 0.3) is 0 Å². The maximum atomic E-state index is 3.37. The smallest absolute Gasteiger partial charge is 0.0828 e. The summed E-state index contributed by atoms with van der Waals surface area (Å²) >= 11 is 0. The SMILES string of the molecule is CC[N+](CC)(CC)CCc1c[nH]c2ccccc12.[I-]. The summed E-state index contributed by atoms with van der Waals surface area (Å²) in [5, 5.41) is 1.39. The molecular formula is C16H25IN2.